The molecule has 7 nitrogen and oxygen atoms in total. The Bertz CT molecular complexity index is 1050. The fourth-order valence-corrected chi connectivity index (χ4v) is 4.20. The minimum absolute atomic E-state index is 0.00855. The molecule has 0 radical (unpaired) electrons. The molecule has 2 aromatic rings. The Morgan fingerprint density at radius 3 is 2.41 bits per heavy atom. The smallest absolute Gasteiger partial charge is 0.475 e. The van der Waals surface area contributed by atoms with Crippen LogP contribution in [0.2, 0.25) is 5.02 Å². The number of carbonyl (C=O) groups is 3. The lowest BCUT2D eigenvalue weighted by atomic mass is 10.0. The molecule has 11 heteroatoms. The van der Waals surface area contributed by atoms with Gasteiger partial charge in [-0.15, -0.1) is 0 Å². The van der Waals surface area contributed by atoms with Gasteiger partial charge < -0.3 is 14.9 Å². The zero-order chi connectivity index (χ0) is 25.1. The molecule has 2 aliphatic rings. The largest absolute Gasteiger partial charge is 0.490 e. The lowest BCUT2D eigenvalue weighted by Crippen LogP contribution is -2.32. The van der Waals surface area contributed by atoms with Crippen molar-refractivity contribution in [2.24, 2.45) is 11.3 Å². The molecule has 1 N–H and O–H groups in total. The molecular weight excluding hydrogens is 475 g/mol. The number of aliphatic carboxylic acids is 1. The van der Waals surface area contributed by atoms with Gasteiger partial charge in [0.1, 0.15) is 0 Å². The summed E-state index contributed by atoms with van der Waals surface area (Å²) in [6, 6.07) is 12.7. The van der Waals surface area contributed by atoms with Crippen LogP contribution in [0, 0.1) is 11.3 Å². The van der Waals surface area contributed by atoms with Crippen molar-refractivity contribution in [2.45, 2.75) is 25.6 Å². The summed E-state index contributed by atoms with van der Waals surface area (Å²) in [5.41, 5.74) is 1.48. The Kier molecular flexibility index (Phi) is 7.50. The van der Waals surface area contributed by atoms with E-state index >= 15 is 0 Å². The summed E-state index contributed by atoms with van der Waals surface area (Å²) < 4.78 is 31.7. The molecule has 34 heavy (non-hydrogen) atoms. The Labute approximate surface area is 199 Å². The zero-order valence-electron chi connectivity index (χ0n) is 18.3. The van der Waals surface area contributed by atoms with E-state index in [4.69, 9.17) is 21.5 Å². The van der Waals surface area contributed by atoms with E-state index in [0.717, 1.165) is 18.5 Å². The first-order chi connectivity index (χ1) is 15.9. The van der Waals surface area contributed by atoms with Crippen LogP contribution in [0.15, 0.2) is 48.7 Å². The Hall–Kier alpha value is -3.14. The molecule has 182 valence electrons. The first kappa shape index (κ1) is 25.5. The fourth-order valence-electron chi connectivity index (χ4n) is 4.07. The van der Waals surface area contributed by atoms with Crippen molar-refractivity contribution in [1.82, 2.24) is 14.8 Å². The van der Waals surface area contributed by atoms with Crippen LogP contribution < -0.4 is 0 Å². The van der Waals surface area contributed by atoms with Crippen LogP contribution in [-0.4, -0.2) is 64.0 Å². The summed E-state index contributed by atoms with van der Waals surface area (Å²) in [7, 11) is 1.83. The summed E-state index contributed by atoms with van der Waals surface area (Å²) in [6.07, 6.45) is -1.59. The van der Waals surface area contributed by atoms with Gasteiger partial charge in [-0.25, -0.2) is 4.79 Å². The SMILES string of the molecule is CN(Cc1ccccn1)C(=O)C1CC12CCN(C(=O)c1ccc(Cl)cc1)C2.O=C(O)C(F)(F)F. The summed E-state index contributed by atoms with van der Waals surface area (Å²) in [4.78, 5) is 42.3. The average Bonchev–Trinajstić information content (AvgIpc) is 3.32. The molecule has 2 heterocycles. The third-order valence-corrected chi connectivity index (χ3v) is 6.25. The molecule has 2 amide bonds. The van der Waals surface area contributed by atoms with E-state index in [1.807, 2.05) is 30.1 Å². The van der Waals surface area contributed by atoms with Crippen molar-refractivity contribution in [3.8, 4) is 0 Å². The number of benzene rings is 1. The number of amides is 2. The van der Waals surface area contributed by atoms with Gasteiger partial charge in [0.2, 0.25) is 5.91 Å². The monoisotopic (exact) mass is 497 g/mol. The second-order valence-corrected chi connectivity index (χ2v) is 8.86. The maximum Gasteiger partial charge on any atom is 0.490 e. The number of hydrogen-bond donors (Lipinski definition) is 1. The molecule has 2 unspecified atom stereocenters. The van der Waals surface area contributed by atoms with E-state index in [9.17, 15) is 22.8 Å². The van der Waals surface area contributed by atoms with Crippen LogP contribution in [0.5, 0.6) is 0 Å². The molecular formula is C23H23ClF3N3O4. The predicted octanol–water partition coefficient (Wildman–Crippen LogP) is 3.88. The number of carboxylic acids is 1. The first-order valence-corrected chi connectivity index (χ1v) is 10.8. The highest BCUT2D eigenvalue weighted by molar-refractivity contribution is 6.30. The van der Waals surface area contributed by atoms with Gasteiger partial charge in [0.15, 0.2) is 0 Å². The predicted molar refractivity (Wildman–Crippen MR) is 117 cm³/mol. The second-order valence-electron chi connectivity index (χ2n) is 8.42. The number of rotatable bonds is 4. The van der Waals surface area contributed by atoms with Gasteiger partial charge in [-0.1, -0.05) is 17.7 Å². The molecule has 1 aliphatic heterocycles. The minimum Gasteiger partial charge on any atom is -0.475 e. The third kappa shape index (κ3) is 6.05. The van der Waals surface area contributed by atoms with Gasteiger partial charge in [-0.3, -0.25) is 14.6 Å². The third-order valence-electron chi connectivity index (χ3n) is 6.00. The summed E-state index contributed by atoms with van der Waals surface area (Å²) in [6.45, 7) is 1.87. The number of carbonyl (C=O) groups excluding carboxylic acids is 2. The van der Waals surface area contributed by atoms with Crippen LogP contribution in [0.1, 0.15) is 28.9 Å². The van der Waals surface area contributed by atoms with Crippen molar-refractivity contribution in [2.75, 3.05) is 20.1 Å². The Balaban J connectivity index is 0.000000406. The van der Waals surface area contributed by atoms with E-state index in [1.54, 1.807) is 35.4 Å². The van der Waals surface area contributed by atoms with E-state index < -0.39 is 12.1 Å². The zero-order valence-corrected chi connectivity index (χ0v) is 19.0. The lowest BCUT2D eigenvalue weighted by molar-refractivity contribution is -0.192. The van der Waals surface area contributed by atoms with Crippen LogP contribution in [0.25, 0.3) is 0 Å². The van der Waals surface area contributed by atoms with E-state index in [2.05, 4.69) is 4.98 Å². The number of likely N-dealkylation sites (tertiary alicyclic amines) is 1. The quantitative estimate of drug-likeness (QED) is 0.692. The first-order valence-electron chi connectivity index (χ1n) is 10.4. The van der Waals surface area contributed by atoms with Gasteiger partial charge in [-0.05, 0) is 49.2 Å². The summed E-state index contributed by atoms with van der Waals surface area (Å²) >= 11 is 5.90. The number of pyridine rings is 1. The van der Waals surface area contributed by atoms with Crippen LogP contribution in [0.4, 0.5) is 13.2 Å². The molecule has 1 aromatic carbocycles. The minimum atomic E-state index is -5.08. The number of halogens is 4. The fraction of sp³-hybridized carbons (Fsp3) is 0.391. The maximum atomic E-state index is 12.8. The number of nitrogens with zero attached hydrogens (tertiary/aromatic N) is 3. The van der Waals surface area contributed by atoms with Gasteiger partial charge in [-0.2, -0.15) is 13.2 Å². The summed E-state index contributed by atoms with van der Waals surface area (Å²) in [5.74, 6) is -2.58. The maximum absolute atomic E-state index is 12.8. The molecule has 2 fully saturated rings. The summed E-state index contributed by atoms with van der Waals surface area (Å²) in [5, 5.41) is 7.74. The molecule has 2 atom stereocenters. The highest BCUT2D eigenvalue weighted by Gasteiger charge is 2.61. The standard InChI is InChI=1S/C21H22ClN3O2.C2HF3O2/c1-24(13-17-4-2-3-10-23-17)20(27)18-12-21(18)9-11-25(14-21)19(26)15-5-7-16(22)8-6-15;3-2(4,5)1(6)7/h2-8,10,18H,9,11-14H2,1H3;(H,6,7). The molecule has 1 aliphatic carbocycles. The average molecular weight is 498 g/mol. The van der Waals surface area contributed by atoms with Crippen molar-refractivity contribution >= 4 is 29.4 Å². The molecule has 1 saturated carbocycles. The lowest BCUT2D eigenvalue weighted by Gasteiger charge is -2.19. The van der Waals surface area contributed by atoms with Crippen LogP contribution >= 0.6 is 11.6 Å². The molecule has 1 spiro atoms. The van der Waals surface area contributed by atoms with Crippen LogP contribution in [-0.2, 0) is 16.1 Å². The Morgan fingerprint density at radius 1 is 1.21 bits per heavy atom. The molecule has 1 aromatic heterocycles. The highest BCUT2D eigenvalue weighted by Crippen LogP contribution is 2.59. The van der Waals surface area contributed by atoms with Gasteiger partial charge in [0, 0.05) is 48.3 Å². The normalized spacial score (nSPS) is 21.0. The number of aromatic nitrogens is 1. The molecule has 0 bridgehead atoms. The van der Waals surface area contributed by atoms with Crippen LogP contribution in [0.3, 0.4) is 0 Å². The van der Waals surface area contributed by atoms with E-state index in [1.165, 1.54) is 0 Å². The van der Waals surface area contributed by atoms with Crippen molar-refractivity contribution in [1.29, 1.82) is 0 Å². The van der Waals surface area contributed by atoms with E-state index in [0.29, 0.717) is 30.2 Å². The van der Waals surface area contributed by atoms with Gasteiger partial charge >= 0.3 is 12.1 Å². The second kappa shape index (κ2) is 10.0. The molecule has 4 rings (SSSR count). The number of carboxylic acid groups (broad SMARTS) is 1. The Morgan fingerprint density at radius 2 is 1.85 bits per heavy atom. The van der Waals surface area contributed by atoms with E-state index in [-0.39, 0.29) is 23.1 Å². The molecule has 1 saturated heterocycles. The van der Waals surface area contributed by atoms with Gasteiger partial charge in [0.25, 0.3) is 5.91 Å². The van der Waals surface area contributed by atoms with Crippen molar-refractivity contribution in [3.05, 3.63) is 64.9 Å². The van der Waals surface area contributed by atoms with Crippen molar-refractivity contribution < 1.29 is 32.7 Å². The topological polar surface area (TPSA) is 90.8 Å². The van der Waals surface area contributed by atoms with Crippen molar-refractivity contribution in [3.63, 3.8) is 0 Å². The number of alkyl halides is 3. The number of hydrogen-bond acceptors (Lipinski definition) is 4. The van der Waals surface area contributed by atoms with Gasteiger partial charge in [0.05, 0.1) is 12.2 Å². The highest BCUT2D eigenvalue weighted by atomic mass is 35.5.